The number of carboxylic acids is 1. The molecule has 0 aliphatic heterocycles. The van der Waals surface area contributed by atoms with Crippen LogP contribution in [0.4, 0.5) is 5.69 Å². The van der Waals surface area contributed by atoms with Crippen LogP contribution in [0.3, 0.4) is 0 Å². The number of rotatable bonds is 5. The van der Waals surface area contributed by atoms with Crippen LogP contribution in [0.1, 0.15) is 19.4 Å². The van der Waals surface area contributed by atoms with E-state index >= 15 is 0 Å². The van der Waals surface area contributed by atoms with Gasteiger partial charge >= 0.3 is 5.97 Å². The molecule has 5 nitrogen and oxygen atoms in total. The van der Waals surface area contributed by atoms with E-state index in [-0.39, 0.29) is 5.91 Å². The van der Waals surface area contributed by atoms with E-state index in [2.05, 4.69) is 5.32 Å². The molecule has 0 spiro atoms. The first-order valence-corrected chi connectivity index (χ1v) is 7.01. The molecule has 21 heavy (non-hydrogen) atoms. The Morgan fingerprint density at radius 1 is 1.29 bits per heavy atom. The lowest BCUT2D eigenvalue weighted by atomic mass is 10.1. The maximum Gasteiger partial charge on any atom is 0.307 e. The minimum atomic E-state index is -0.901. The van der Waals surface area contributed by atoms with Crippen LogP contribution in [0.25, 0.3) is 0 Å². The van der Waals surface area contributed by atoms with E-state index in [1.54, 1.807) is 0 Å². The second kappa shape index (κ2) is 5.48. The molecule has 1 aromatic rings. The number of anilines is 1. The summed E-state index contributed by atoms with van der Waals surface area (Å²) in [6.45, 7) is 4.42. The predicted molar refractivity (Wildman–Crippen MR) is 80.9 cm³/mol. The van der Waals surface area contributed by atoms with Gasteiger partial charge < -0.3 is 15.3 Å². The molecule has 1 aliphatic carbocycles. The van der Waals surface area contributed by atoms with Gasteiger partial charge in [-0.3, -0.25) is 9.59 Å². The Bertz CT molecular complexity index is 566. The maximum absolute atomic E-state index is 12.3. The lowest BCUT2D eigenvalue weighted by molar-refractivity contribution is -0.140. The second-order valence-corrected chi connectivity index (χ2v) is 6.54. The number of amides is 1. The number of nitrogens with one attached hydrogen (secondary N) is 1. The summed E-state index contributed by atoms with van der Waals surface area (Å²) >= 11 is 0. The molecule has 1 aliphatic rings. The number of benzene rings is 1. The minimum absolute atomic E-state index is 0.214. The normalized spacial score (nSPS) is 22.9. The van der Waals surface area contributed by atoms with Crippen molar-refractivity contribution in [2.75, 3.05) is 19.4 Å². The molecule has 0 heterocycles. The fourth-order valence-corrected chi connectivity index (χ4v) is 2.92. The van der Waals surface area contributed by atoms with Gasteiger partial charge in [-0.1, -0.05) is 26.0 Å². The molecule has 0 aromatic heterocycles. The summed E-state index contributed by atoms with van der Waals surface area (Å²) in [4.78, 5) is 25.4. The molecule has 2 unspecified atom stereocenters. The number of hydrogen-bond acceptors (Lipinski definition) is 3. The Labute approximate surface area is 125 Å². The zero-order chi connectivity index (χ0) is 15.8. The first-order chi connectivity index (χ1) is 9.73. The zero-order valence-corrected chi connectivity index (χ0v) is 12.9. The number of carbonyl (C=O) groups excluding carboxylic acids is 1. The van der Waals surface area contributed by atoms with Gasteiger partial charge in [-0.15, -0.1) is 0 Å². The SMILES string of the molecule is CN(C)Cc1cccc(NC(=O)C2C(C(=O)O)C2(C)C)c1. The number of aliphatic carboxylic acids is 1. The van der Waals surface area contributed by atoms with E-state index in [4.69, 9.17) is 5.11 Å². The third-order valence-corrected chi connectivity index (χ3v) is 4.07. The highest BCUT2D eigenvalue weighted by molar-refractivity contribution is 5.99. The summed E-state index contributed by atoms with van der Waals surface area (Å²) in [6.07, 6.45) is 0. The van der Waals surface area contributed by atoms with Crippen molar-refractivity contribution in [3.63, 3.8) is 0 Å². The van der Waals surface area contributed by atoms with Crippen LogP contribution >= 0.6 is 0 Å². The third-order valence-electron chi connectivity index (χ3n) is 4.07. The summed E-state index contributed by atoms with van der Waals surface area (Å²) in [5.41, 5.74) is 1.34. The van der Waals surface area contributed by atoms with Crippen molar-refractivity contribution in [2.24, 2.45) is 17.3 Å². The highest BCUT2D eigenvalue weighted by atomic mass is 16.4. The maximum atomic E-state index is 12.3. The van der Waals surface area contributed by atoms with Crippen molar-refractivity contribution in [1.82, 2.24) is 4.90 Å². The molecular formula is C16H22N2O3. The number of carboxylic acid groups (broad SMARTS) is 1. The average molecular weight is 290 g/mol. The fourth-order valence-electron chi connectivity index (χ4n) is 2.92. The van der Waals surface area contributed by atoms with E-state index in [0.717, 1.165) is 12.1 Å². The zero-order valence-electron chi connectivity index (χ0n) is 12.9. The van der Waals surface area contributed by atoms with Crippen molar-refractivity contribution in [1.29, 1.82) is 0 Å². The first kappa shape index (κ1) is 15.5. The molecule has 1 fully saturated rings. The number of hydrogen-bond donors (Lipinski definition) is 2. The van der Waals surface area contributed by atoms with Gasteiger partial charge in [-0.05, 0) is 37.2 Å². The summed E-state index contributed by atoms with van der Waals surface area (Å²) in [7, 11) is 3.96. The van der Waals surface area contributed by atoms with Gasteiger partial charge in [0, 0.05) is 12.2 Å². The number of carbonyl (C=O) groups is 2. The van der Waals surface area contributed by atoms with Gasteiger partial charge in [0.1, 0.15) is 0 Å². The van der Waals surface area contributed by atoms with Gasteiger partial charge in [0.15, 0.2) is 0 Å². The molecule has 114 valence electrons. The van der Waals surface area contributed by atoms with Crippen molar-refractivity contribution < 1.29 is 14.7 Å². The quantitative estimate of drug-likeness (QED) is 0.870. The van der Waals surface area contributed by atoms with Crippen LogP contribution in [0, 0.1) is 17.3 Å². The van der Waals surface area contributed by atoms with E-state index in [1.807, 2.05) is 57.1 Å². The van der Waals surface area contributed by atoms with Gasteiger partial charge in [0.2, 0.25) is 5.91 Å². The van der Waals surface area contributed by atoms with Gasteiger partial charge in [-0.2, -0.15) is 0 Å². The fraction of sp³-hybridized carbons (Fsp3) is 0.500. The van der Waals surface area contributed by atoms with Gasteiger partial charge in [0.25, 0.3) is 0 Å². The third kappa shape index (κ3) is 3.24. The molecule has 0 radical (unpaired) electrons. The highest BCUT2D eigenvalue weighted by Crippen LogP contribution is 2.58. The van der Waals surface area contributed by atoms with Crippen LogP contribution in [0.2, 0.25) is 0 Å². The smallest absolute Gasteiger partial charge is 0.307 e. The monoisotopic (exact) mass is 290 g/mol. The Kier molecular flexibility index (Phi) is 4.05. The van der Waals surface area contributed by atoms with Crippen LogP contribution in [0.15, 0.2) is 24.3 Å². The van der Waals surface area contributed by atoms with Crippen molar-refractivity contribution >= 4 is 17.6 Å². The molecule has 1 saturated carbocycles. The van der Waals surface area contributed by atoms with E-state index < -0.39 is 23.2 Å². The molecule has 5 heteroatoms. The lowest BCUT2D eigenvalue weighted by Crippen LogP contribution is -2.18. The Morgan fingerprint density at radius 2 is 1.95 bits per heavy atom. The average Bonchev–Trinajstić information content (AvgIpc) is 2.92. The van der Waals surface area contributed by atoms with Crippen LogP contribution < -0.4 is 5.32 Å². The van der Waals surface area contributed by atoms with E-state index in [9.17, 15) is 9.59 Å². The predicted octanol–water partition coefficient (Wildman–Crippen LogP) is 2.04. The van der Waals surface area contributed by atoms with Crippen LogP contribution in [-0.4, -0.2) is 36.0 Å². The topological polar surface area (TPSA) is 69.6 Å². The molecule has 0 saturated heterocycles. The van der Waals surface area contributed by atoms with E-state index in [0.29, 0.717) is 5.69 Å². The minimum Gasteiger partial charge on any atom is -0.481 e. The summed E-state index contributed by atoms with van der Waals surface area (Å²) < 4.78 is 0. The van der Waals surface area contributed by atoms with Crippen molar-refractivity contribution in [3.05, 3.63) is 29.8 Å². The van der Waals surface area contributed by atoms with Crippen molar-refractivity contribution in [2.45, 2.75) is 20.4 Å². The number of nitrogens with zero attached hydrogens (tertiary/aromatic N) is 1. The van der Waals surface area contributed by atoms with Crippen molar-refractivity contribution in [3.8, 4) is 0 Å². The molecule has 2 N–H and O–H groups in total. The molecule has 0 bridgehead atoms. The summed E-state index contributed by atoms with van der Waals surface area (Å²) in [5.74, 6) is -2.18. The second-order valence-electron chi connectivity index (χ2n) is 6.54. The largest absolute Gasteiger partial charge is 0.481 e. The lowest BCUT2D eigenvalue weighted by Gasteiger charge is -2.11. The molecule has 2 atom stereocenters. The Morgan fingerprint density at radius 3 is 2.48 bits per heavy atom. The molecular weight excluding hydrogens is 268 g/mol. The molecule has 2 rings (SSSR count). The standard InChI is InChI=1S/C16H22N2O3/c1-16(2)12(13(16)15(20)21)14(19)17-11-7-5-6-10(8-11)9-18(3)4/h5-8,12-13H,9H2,1-4H3,(H,17,19)(H,20,21). The Hall–Kier alpha value is -1.88. The summed E-state index contributed by atoms with van der Waals surface area (Å²) in [5, 5.41) is 12.0. The van der Waals surface area contributed by atoms with Crippen LogP contribution in [0.5, 0.6) is 0 Å². The first-order valence-electron chi connectivity index (χ1n) is 7.01. The highest BCUT2D eigenvalue weighted by Gasteiger charge is 2.65. The van der Waals surface area contributed by atoms with E-state index in [1.165, 1.54) is 0 Å². The van der Waals surface area contributed by atoms with Crippen LogP contribution in [-0.2, 0) is 16.1 Å². The summed E-state index contributed by atoms with van der Waals surface area (Å²) in [6, 6.07) is 7.63. The molecule has 1 amide bonds. The van der Waals surface area contributed by atoms with Gasteiger partial charge in [-0.25, -0.2) is 0 Å². The van der Waals surface area contributed by atoms with Gasteiger partial charge in [0.05, 0.1) is 11.8 Å². The molecule has 1 aromatic carbocycles. The Balaban J connectivity index is 2.06.